The van der Waals surface area contributed by atoms with Gasteiger partial charge in [-0.2, -0.15) is 10.5 Å². The summed E-state index contributed by atoms with van der Waals surface area (Å²) in [5, 5.41) is 18.4. The Hall–Kier alpha value is -5.40. The maximum absolute atomic E-state index is 13.9. The van der Waals surface area contributed by atoms with Crippen LogP contribution < -0.4 is 4.74 Å². The molecule has 1 atom stereocenters. The van der Waals surface area contributed by atoms with Crippen LogP contribution in [0.5, 0.6) is 5.75 Å². The van der Waals surface area contributed by atoms with Gasteiger partial charge >= 0.3 is 5.97 Å². The lowest BCUT2D eigenvalue weighted by Gasteiger charge is -2.32. The molecule has 0 bridgehead atoms. The largest absolute Gasteiger partial charge is 0.491 e. The number of amides is 1. The van der Waals surface area contributed by atoms with Gasteiger partial charge in [0.15, 0.2) is 0 Å². The summed E-state index contributed by atoms with van der Waals surface area (Å²) in [6.07, 6.45) is -0.111. The minimum Gasteiger partial charge on any atom is -0.491 e. The van der Waals surface area contributed by atoms with Crippen LogP contribution in [0, 0.1) is 22.7 Å². The van der Waals surface area contributed by atoms with Crippen molar-refractivity contribution in [1.82, 2.24) is 4.90 Å². The van der Waals surface area contributed by atoms with Crippen LogP contribution in [0.4, 0.5) is 0 Å². The Morgan fingerprint density at radius 3 is 2.05 bits per heavy atom. The number of nitriles is 2. The van der Waals surface area contributed by atoms with E-state index in [1.807, 2.05) is 60.7 Å². The summed E-state index contributed by atoms with van der Waals surface area (Å²) < 4.78 is 11.6. The SMILES string of the molecule is N#Cc1ccc(C(=O)N(Cc2ccccc2)[C@@H](COc2cccc(C#N)c2)CC(=O)OCc2ccccc2)cc1. The summed E-state index contributed by atoms with van der Waals surface area (Å²) >= 11 is 0. The molecule has 7 nitrogen and oxygen atoms in total. The molecule has 0 saturated heterocycles. The second-order valence-corrected chi connectivity index (χ2v) is 9.06. The summed E-state index contributed by atoms with van der Waals surface area (Å²) in [5.41, 5.74) is 2.98. The topological polar surface area (TPSA) is 103 Å². The van der Waals surface area contributed by atoms with Crippen molar-refractivity contribution in [3.8, 4) is 17.9 Å². The molecule has 0 fully saturated rings. The molecule has 0 radical (unpaired) electrons. The number of carbonyl (C=O) groups excluding carboxylic acids is 2. The molecule has 0 spiro atoms. The highest BCUT2D eigenvalue weighted by Crippen LogP contribution is 2.20. The maximum atomic E-state index is 13.9. The van der Waals surface area contributed by atoms with Crippen LogP contribution in [-0.2, 0) is 22.7 Å². The number of benzene rings is 4. The second kappa shape index (κ2) is 13.9. The van der Waals surface area contributed by atoms with Gasteiger partial charge in [0.1, 0.15) is 19.0 Å². The lowest BCUT2D eigenvalue weighted by Crippen LogP contribution is -2.44. The summed E-state index contributed by atoms with van der Waals surface area (Å²) in [4.78, 5) is 28.5. The smallest absolute Gasteiger partial charge is 0.308 e. The predicted octanol–water partition coefficient (Wildman–Crippen LogP) is 5.65. The van der Waals surface area contributed by atoms with Crippen molar-refractivity contribution in [2.45, 2.75) is 25.6 Å². The first-order chi connectivity index (χ1) is 19.6. The molecule has 0 unspecified atom stereocenters. The molecular weight excluding hydrogens is 502 g/mol. The van der Waals surface area contributed by atoms with Crippen molar-refractivity contribution in [3.05, 3.63) is 137 Å². The summed E-state index contributed by atoms with van der Waals surface area (Å²) in [7, 11) is 0. The number of hydrogen-bond acceptors (Lipinski definition) is 6. The monoisotopic (exact) mass is 529 g/mol. The van der Waals surface area contributed by atoms with Gasteiger partial charge in [0.05, 0.1) is 35.7 Å². The first-order valence-electron chi connectivity index (χ1n) is 12.7. The molecule has 1 amide bonds. The minimum atomic E-state index is -0.697. The van der Waals surface area contributed by atoms with E-state index in [0.29, 0.717) is 22.4 Å². The normalized spacial score (nSPS) is 10.9. The zero-order chi connectivity index (χ0) is 28.2. The molecule has 0 heterocycles. The van der Waals surface area contributed by atoms with Crippen LogP contribution in [0.3, 0.4) is 0 Å². The fraction of sp³-hybridized carbons (Fsp3) is 0.152. The molecule has 0 aromatic heterocycles. The quantitative estimate of drug-likeness (QED) is 0.233. The Balaban J connectivity index is 1.62. The molecule has 0 aliphatic carbocycles. The van der Waals surface area contributed by atoms with Gasteiger partial charge in [0.25, 0.3) is 5.91 Å². The van der Waals surface area contributed by atoms with Crippen molar-refractivity contribution >= 4 is 11.9 Å². The van der Waals surface area contributed by atoms with Gasteiger partial charge < -0.3 is 14.4 Å². The Labute approximate surface area is 233 Å². The third-order valence-electron chi connectivity index (χ3n) is 6.21. The van der Waals surface area contributed by atoms with Crippen molar-refractivity contribution in [1.29, 1.82) is 10.5 Å². The number of ether oxygens (including phenoxy) is 2. The fourth-order valence-corrected chi connectivity index (χ4v) is 4.10. The van der Waals surface area contributed by atoms with E-state index in [2.05, 4.69) is 12.1 Å². The Kier molecular flexibility index (Phi) is 9.63. The number of carbonyl (C=O) groups is 2. The molecule has 0 saturated carbocycles. The van der Waals surface area contributed by atoms with Crippen LogP contribution in [0.1, 0.15) is 39.0 Å². The summed E-state index contributed by atoms with van der Waals surface area (Å²) in [6.45, 7) is 0.321. The van der Waals surface area contributed by atoms with Crippen molar-refractivity contribution < 1.29 is 19.1 Å². The lowest BCUT2D eigenvalue weighted by molar-refractivity contribution is -0.146. The summed E-state index contributed by atoms with van der Waals surface area (Å²) in [5.74, 6) is -0.343. The fourth-order valence-electron chi connectivity index (χ4n) is 4.10. The van der Waals surface area contributed by atoms with Crippen LogP contribution in [-0.4, -0.2) is 29.4 Å². The average Bonchev–Trinajstić information content (AvgIpc) is 3.02. The van der Waals surface area contributed by atoms with Gasteiger partial charge in [0.2, 0.25) is 0 Å². The van der Waals surface area contributed by atoms with E-state index < -0.39 is 12.0 Å². The Morgan fingerprint density at radius 2 is 1.40 bits per heavy atom. The van der Waals surface area contributed by atoms with E-state index in [-0.39, 0.29) is 32.1 Å². The zero-order valence-electron chi connectivity index (χ0n) is 21.8. The molecule has 0 aliphatic rings. The van der Waals surface area contributed by atoms with Crippen molar-refractivity contribution in [2.24, 2.45) is 0 Å². The van der Waals surface area contributed by atoms with E-state index in [9.17, 15) is 20.1 Å². The van der Waals surface area contributed by atoms with Gasteiger partial charge in [-0.15, -0.1) is 0 Å². The van der Waals surface area contributed by atoms with Gasteiger partial charge in [-0.3, -0.25) is 9.59 Å². The van der Waals surface area contributed by atoms with E-state index >= 15 is 0 Å². The maximum Gasteiger partial charge on any atom is 0.308 e. The Morgan fingerprint density at radius 1 is 0.750 bits per heavy atom. The van der Waals surface area contributed by atoms with Crippen LogP contribution in [0.25, 0.3) is 0 Å². The zero-order valence-corrected chi connectivity index (χ0v) is 21.8. The number of hydrogen-bond donors (Lipinski definition) is 0. The lowest BCUT2D eigenvalue weighted by atomic mass is 10.1. The van der Waals surface area contributed by atoms with Crippen LogP contribution >= 0.6 is 0 Å². The third kappa shape index (κ3) is 7.80. The summed E-state index contributed by atoms with van der Waals surface area (Å²) in [6, 6.07) is 35.3. The predicted molar refractivity (Wildman–Crippen MR) is 149 cm³/mol. The van der Waals surface area contributed by atoms with Gasteiger partial charge in [0, 0.05) is 12.1 Å². The first-order valence-corrected chi connectivity index (χ1v) is 12.7. The van der Waals surface area contributed by atoms with E-state index in [1.54, 1.807) is 53.4 Å². The standard InChI is InChI=1S/C33H27N3O4/c34-20-25-14-16-29(17-15-25)33(38)36(22-26-8-3-1-4-9-26)30(24-39-31-13-7-12-28(18-31)21-35)19-32(37)40-23-27-10-5-2-6-11-27/h1-18,30H,19,22-24H2/t30-/m1/s1. The molecule has 4 rings (SSSR count). The molecule has 0 N–H and O–H groups in total. The van der Waals surface area contributed by atoms with Crippen LogP contribution in [0.2, 0.25) is 0 Å². The van der Waals surface area contributed by atoms with E-state index in [0.717, 1.165) is 11.1 Å². The molecule has 4 aromatic rings. The highest BCUT2D eigenvalue weighted by Gasteiger charge is 2.29. The average molecular weight is 530 g/mol. The van der Waals surface area contributed by atoms with Crippen LogP contribution in [0.15, 0.2) is 109 Å². The second-order valence-electron chi connectivity index (χ2n) is 9.06. The van der Waals surface area contributed by atoms with Gasteiger partial charge in [-0.05, 0) is 53.6 Å². The highest BCUT2D eigenvalue weighted by molar-refractivity contribution is 5.94. The highest BCUT2D eigenvalue weighted by atomic mass is 16.5. The Bertz CT molecular complexity index is 1510. The number of nitrogens with zero attached hydrogens (tertiary/aromatic N) is 3. The molecule has 7 heteroatoms. The third-order valence-corrected chi connectivity index (χ3v) is 6.21. The molecular formula is C33H27N3O4. The number of esters is 1. The van der Waals surface area contributed by atoms with E-state index in [4.69, 9.17) is 9.47 Å². The minimum absolute atomic E-state index is 0.00975. The van der Waals surface area contributed by atoms with E-state index in [1.165, 1.54) is 0 Å². The number of rotatable bonds is 11. The van der Waals surface area contributed by atoms with Gasteiger partial charge in [-0.25, -0.2) is 0 Å². The van der Waals surface area contributed by atoms with Crippen molar-refractivity contribution in [3.63, 3.8) is 0 Å². The molecule has 4 aromatic carbocycles. The molecule has 0 aliphatic heterocycles. The van der Waals surface area contributed by atoms with Gasteiger partial charge in [-0.1, -0.05) is 66.7 Å². The molecule has 198 valence electrons. The first kappa shape index (κ1) is 27.6. The van der Waals surface area contributed by atoms with Crippen molar-refractivity contribution in [2.75, 3.05) is 6.61 Å². The molecule has 40 heavy (non-hydrogen) atoms.